The van der Waals surface area contributed by atoms with Gasteiger partial charge < -0.3 is 10.6 Å². The Morgan fingerprint density at radius 3 is 2.90 bits per heavy atom. The van der Waals surface area contributed by atoms with Crippen molar-refractivity contribution in [3.8, 4) is 0 Å². The SMILES string of the molecule is CC(C)Cc1nnc(NC(=O)[C@H]2CC(=O)N[C@@H](C)C2)s1. The molecule has 1 aromatic rings. The number of rotatable bonds is 4. The molecule has 2 heterocycles. The molecule has 1 aliphatic rings. The van der Waals surface area contributed by atoms with E-state index in [1.807, 2.05) is 6.92 Å². The van der Waals surface area contributed by atoms with Crippen LogP contribution in [0.25, 0.3) is 0 Å². The molecule has 0 aliphatic carbocycles. The van der Waals surface area contributed by atoms with Crippen LogP contribution in [0.2, 0.25) is 0 Å². The topological polar surface area (TPSA) is 84.0 Å². The first-order chi connectivity index (χ1) is 9.44. The van der Waals surface area contributed by atoms with Gasteiger partial charge in [0.15, 0.2) is 0 Å². The van der Waals surface area contributed by atoms with Crippen LogP contribution in [0.4, 0.5) is 5.13 Å². The van der Waals surface area contributed by atoms with Gasteiger partial charge in [0.25, 0.3) is 0 Å². The largest absolute Gasteiger partial charge is 0.354 e. The van der Waals surface area contributed by atoms with Crippen LogP contribution in [0.1, 0.15) is 38.6 Å². The van der Waals surface area contributed by atoms with Crippen LogP contribution in [-0.4, -0.2) is 28.1 Å². The van der Waals surface area contributed by atoms with E-state index in [2.05, 4.69) is 34.7 Å². The fourth-order valence-electron chi connectivity index (χ4n) is 2.27. The zero-order valence-electron chi connectivity index (χ0n) is 12.0. The predicted octanol–water partition coefficient (Wildman–Crippen LogP) is 1.59. The normalized spacial score (nSPS) is 22.7. The van der Waals surface area contributed by atoms with Crippen LogP contribution < -0.4 is 10.6 Å². The fraction of sp³-hybridized carbons (Fsp3) is 0.692. The fourth-order valence-corrected chi connectivity index (χ4v) is 3.22. The van der Waals surface area contributed by atoms with E-state index >= 15 is 0 Å². The monoisotopic (exact) mass is 296 g/mol. The molecule has 1 aliphatic heterocycles. The maximum Gasteiger partial charge on any atom is 0.229 e. The highest BCUT2D eigenvalue weighted by molar-refractivity contribution is 7.15. The molecule has 2 atom stereocenters. The molecule has 1 aromatic heterocycles. The molecule has 0 saturated carbocycles. The lowest BCUT2D eigenvalue weighted by Crippen LogP contribution is -2.44. The molecule has 2 amide bonds. The molecule has 0 spiro atoms. The molecule has 0 bridgehead atoms. The minimum absolute atomic E-state index is 0.0397. The lowest BCUT2D eigenvalue weighted by Gasteiger charge is -2.26. The van der Waals surface area contributed by atoms with Gasteiger partial charge in [-0.15, -0.1) is 10.2 Å². The second-order valence-corrected chi connectivity index (χ2v) is 6.76. The standard InChI is InChI=1S/C13H20N4O2S/c1-7(2)4-11-16-17-13(20-11)15-12(19)9-5-8(3)14-10(18)6-9/h7-9H,4-6H2,1-3H3,(H,14,18)(H,15,17,19)/t8-,9+/m0/s1. The first kappa shape index (κ1) is 14.9. The molecule has 0 aromatic carbocycles. The molecule has 0 radical (unpaired) electrons. The van der Waals surface area contributed by atoms with Crippen molar-refractivity contribution in [1.82, 2.24) is 15.5 Å². The van der Waals surface area contributed by atoms with Gasteiger partial charge in [0.1, 0.15) is 5.01 Å². The Morgan fingerprint density at radius 1 is 1.50 bits per heavy atom. The average molecular weight is 296 g/mol. The van der Waals surface area contributed by atoms with Gasteiger partial charge in [0.2, 0.25) is 16.9 Å². The van der Waals surface area contributed by atoms with Gasteiger partial charge in [0, 0.05) is 24.8 Å². The number of nitrogens with one attached hydrogen (secondary N) is 2. The quantitative estimate of drug-likeness (QED) is 0.883. The second-order valence-electron chi connectivity index (χ2n) is 5.69. The third kappa shape index (κ3) is 4.00. The maximum absolute atomic E-state index is 12.1. The highest BCUT2D eigenvalue weighted by atomic mass is 32.1. The lowest BCUT2D eigenvalue weighted by atomic mass is 9.92. The van der Waals surface area contributed by atoms with Crippen LogP contribution in [0.5, 0.6) is 0 Å². The summed E-state index contributed by atoms with van der Waals surface area (Å²) >= 11 is 1.40. The van der Waals surface area contributed by atoms with E-state index in [1.54, 1.807) is 0 Å². The van der Waals surface area contributed by atoms with E-state index in [0.717, 1.165) is 11.4 Å². The summed E-state index contributed by atoms with van der Waals surface area (Å²) in [6.07, 6.45) is 1.76. The van der Waals surface area contributed by atoms with Crippen molar-refractivity contribution < 1.29 is 9.59 Å². The summed E-state index contributed by atoms with van der Waals surface area (Å²) in [5.41, 5.74) is 0. The van der Waals surface area contributed by atoms with Crippen molar-refractivity contribution in [3.05, 3.63) is 5.01 Å². The highest BCUT2D eigenvalue weighted by Crippen LogP contribution is 2.22. The smallest absolute Gasteiger partial charge is 0.229 e. The molecular weight excluding hydrogens is 276 g/mol. The second kappa shape index (κ2) is 6.30. The number of piperidine rings is 1. The Labute approximate surface area is 122 Å². The van der Waals surface area contributed by atoms with Crippen LogP contribution in [0.15, 0.2) is 0 Å². The average Bonchev–Trinajstić information content (AvgIpc) is 2.74. The van der Waals surface area contributed by atoms with Gasteiger partial charge in [-0.2, -0.15) is 0 Å². The molecule has 0 unspecified atom stereocenters. The number of anilines is 1. The van der Waals surface area contributed by atoms with Crippen LogP contribution in [-0.2, 0) is 16.0 Å². The van der Waals surface area contributed by atoms with Crippen molar-refractivity contribution in [2.24, 2.45) is 11.8 Å². The van der Waals surface area contributed by atoms with E-state index in [-0.39, 0.29) is 30.2 Å². The molecule has 1 saturated heterocycles. The van der Waals surface area contributed by atoms with Crippen LogP contribution in [0, 0.1) is 11.8 Å². The number of amides is 2. The summed E-state index contributed by atoms with van der Waals surface area (Å²) in [5, 5.41) is 15.1. The van der Waals surface area contributed by atoms with Gasteiger partial charge in [0.05, 0.1) is 0 Å². The number of nitrogens with zero attached hydrogens (tertiary/aromatic N) is 2. The van der Waals surface area contributed by atoms with E-state index in [4.69, 9.17) is 0 Å². The van der Waals surface area contributed by atoms with Gasteiger partial charge in [-0.3, -0.25) is 9.59 Å². The molecule has 7 heteroatoms. The van der Waals surface area contributed by atoms with Crippen molar-refractivity contribution in [3.63, 3.8) is 0 Å². The first-order valence-electron chi connectivity index (χ1n) is 6.86. The maximum atomic E-state index is 12.1. The minimum Gasteiger partial charge on any atom is -0.354 e. The van der Waals surface area contributed by atoms with E-state index in [1.165, 1.54) is 11.3 Å². The zero-order valence-corrected chi connectivity index (χ0v) is 12.8. The number of aromatic nitrogens is 2. The zero-order chi connectivity index (χ0) is 14.7. The highest BCUT2D eigenvalue weighted by Gasteiger charge is 2.29. The van der Waals surface area contributed by atoms with Crippen molar-refractivity contribution in [2.75, 3.05) is 5.32 Å². The predicted molar refractivity (Wildman–Crippen MR) is 77.4 cm³/mol. The van der Waals surface area contributed by atoms with Crippen molar-refractivity contribution in [2.45, 2.75) is 46.1 Å². The van der Waals surface area contributed by atoms with Crippen molar-refractivity contribution >= 4 is 28.3 Å². The van der Waals surface area contributed by atoms with Crippen LogP contribution >= 0.6 is 11.3 Å². The summed E-state index contributed by atoms with van der Waals surface area (Å²) in [6.45, 7) is 6.13. The molecule has 110 valence electrons. The number of hydrogen-bond donors (Lipinski definition) is 2. The lowest BCUT2D eigenvalue weighted by molar-refractivity contribution is -0.130. The summed E-state index contributed by atoms with van der Waals surface area (Å²) in [7, 11) is 0. The van der Waals surface area contributed by atoms with E-state index in [9.17, 15) is 9.59 Å². The van der Waals surface area contributed by atoms with Gasteiger partial charge >= 0.3 is 0 Å². The van der Waals surface area contributed by atoms with E-state index < -0.39 is 0 Å². The molecule has 2 N–H and O–H groups in total. The summed E-state index contributed by atoms with van der Waals surface area (Å²) in [6, 6.07) is 0.0397. The summed E-state index contributed by atoms with van der Waals surface area (Å²) < 4.78 is 0. The third-order valence-electron chi connectivity index (χ3n) is 3.13. The number of hydrogen-bond acceptors (Lipinski definition) is 5. The van der Waals surface area contributed by atoms with Gasteiger partial charge in [-0.05, 0) is 19.3 Å². The Bertz CT molecular complexity index is 500. The molecule has 1 fully saturated rings. The van der Waals surface area contributed by atoms with Crippen LogP contribution in [0.3, 0.4) is 0 Å². The van der Waals surface area contributed by atoms with Crippen molar-refractivity contribution in [1.29, 1.82) is 0 Å². The van der Waals surface area contributed by atoms with Gasteiger partial charge in [-0.1, -0.05) is 25.2 Å². The molecular formula is C13H20N4O2S. The van der Waals surface area contributed by atoms with Gasteiger partial charge in [-0.25, -0.2) is 0 Å². The third-order valence-corrected chi connectivity index (χ3v) is 3.99. The number of carbonyl (C=O) groups excluding carboxylic acids is 2. The molecule has 6 nitrogen and oxygen atoms in total. The Balaban J connectivity index is 1.93. The van der Waals surface area contributed by atoms with E-state index in [0.29, 0.717) is 17.5 Å². The molecule has 2 rings (SSSR count). The Morgan fingerprint density at radius 2 is 2.25 bits per heavy atom. The summed E-state index contributed by atoms with van der Waals surface area (Å²) in [5.74, 6) is 0.0196. The number of carbonyl (C=O) groups is 2. The first-order valence-corrected chi connectivity index (χ1v) is 7.68. The minimum atomic E-state index is -0.281. The Kier molecular flexibility index (Phi) is 4.69. The summed E-state index contributed by atoms with van der Waals surface area (Å²) in [4.78, 5) is 23.6. The Hall–Kier alpha value is -1.50. The molecule has 20 heavy (non-hydrogen) atoms.